The van der Waals surface area contributed by atoms with Gasteiger partial charge in [-0.2, -0.15) is 0 Å². The van der Waals surface area contributed by atoms with E-state index < -0.39 is 0 Å². The van der Waals surface area contributed by atoms with E-state index in [0.29, 0.717) is 0 Å². The van der Waals surface area contributed by atoms with Crippen LogP contribution in [0.3, 0.4) is 0 Å². The summed E-state index contributed by atoms with van der Waals surface area (Å²) in [5.41, 5.74) is 0. The minimum atomic E-state index is 0.900. The van der Waals surface area contributed by atoms with Crippen LogP contribution in [0, 0.1) is 29.6 Å². The van der Waals surface area contributed by atoms with Crippen molar-refractivity contribution in [1.82, 2.24) is 10.2 Å². The highest BCUT2D eigenvalue weighted by molar-refractivity contribution is 5.02. The van der Waals surface area contributed by atoms with Gasteiger partial charge in [0, 0.05) is 32.2 Å². The van der Waals surface area contributed by atoms with Gasteiger partial charge in [0.15, 0.2) is 0 Å². The van der Waals surface area contributed by atoms with Gasteiger partial charge in [0.2, 0.25) is 0 Å². The maximum Gasteiger partial charge on any atom is 0.0127 e. The van der Waals surface area contributed by atoms with Gasteiger partial charge in [-0.15, -0.1) is 0 Å². The highest BCUT2D eigenvalue weighted by Gasteiger charge is 2.50. The summed E-state index contributed by atoms with van der Waals surface area (Å²) in [6.07, 6.45) is 9.30. The Balaban J connectivity index is 1.53. The van der Waals surface area contributed by atoms with Crippen molar-refractivity contribution in [3.63, 3.8) is 0 Å². The van der Waals surface area contributed by atoms with Crippen LogP contribution in [0.25, 0.3) is 0 Å². The van der Waals surface area contributed by atoms with Crippen molar-refractivity contribution < 1.29 is 0 Å². The predicted octanol–water partition coefficient (Wildman–Crippen LogP) is 2.74. The van der Waals surface area contributed by atoms with E-state index >= 15 is 0 Å². The van der Waals surface area contributed by atoms with Crippen molar-refractivity contribution in [2.24, 2.45) is 29.6 Å². The molecule has 5 rings (SSSR count). The third-order valence-electron chi connectivity index (χ3n) is 6.78. The molecule has 0 radical (unpaired) electrons. The second kappa shape index (κ2) is 5.04. The molecule has 5 aliphatic rings. The van der Waals surface area contributed by atoms with E-state index in [0.717, 1.165) is 35.6 Å². The quantitative estimate of drug-likeness (QED) is 0.841. The van der Waals surface area contributed by atoms with Crippen LogP contribution in [0.1, 0.15) is 45.4 Å². The lowest BCUT2D eigenvalue weighted by atomic mass is 9.50. The first-order chi connectivity index (χ1) is 9.35. The Kier molecular flexibility index (Phi) is 3.35. The first-order valence-corrected chi connectivity index (χ1v) is 8.80. The van der Waals surface area contributed by atoms with Crippen molar-refractivity contribution in [3.05, 3.63) is 0 Å². The van der Waals surface area contributed by atoms with Gasteiger partial charge in [-0.1, -0.05) is 6.92 Å². The summed E-state index contributed by atoms with van der Waals surface area (Å²) in [6.45, 7) is 7.45. The molecule has 1 atom stereocenters. The number of hydrogen-bond donors (Lipinski definition) is 1. The van der Waals surface area contributed by atoms with Gasteiger partial charge in [0.1, 0.15) is 0 Å². The number of nitrogens with one attached hydrogen (secondary N) is 1. The van der Waals surface area contributed by atoms with Crippen molar-refractivity contribution in [3.8, 4) is 0 Å². The SMILES string of the molecule is CCC(C1C2CC3CC(C2)CC1C3)N1CCNCC1. The first-order valence-electron chi connectivity index (χ1n) is 8.80. The summed E-state index contributed by atoms with van der Waals surface area (Å²) in [5, 5.41) is 3.52. The van der Waals surface area contributed by atoms with Gasteiger partial charge in [0.05, 0.1) is 0 Å². The third kappa shape index (κ3) is 2.15. The van der Waals surface area contributed by atoms with E-state index in [2.05, 4.69) is 17.1 Å². The molecule has 1 N–H and O–H groups in total. The van der Waals surface area contributed by atoms with Gasteiger partial charge in [-0.3, -0.25) is 4.90 Å². The van der Waals surface area contributed by atoms with Crippen LogP contribution in [-0.4, -0.2) is 37.1 Å². The van der Waals surface area contributed by atoms with E-state index in [1.54, 1.807) is 32.1 Å². The molecule has 2 nitrogen and oxygen atoms in total. The van der Waals surface area contributed by atoms with E-state index in [1.807, 2.05) is 0 Å². The standard InChI is InChI=1S/C17H30N2/c1-2-16(19-5-3-18-4-6-19)17-14-8-12-7-13(10-14)11-15(17)9-12/h12-18H,2-11H2,1H3. The predicted molar refractivity (Wildman–Crippen MR) is 79.1 cm³/mol. The molecule has 0 aromatic carbocycles. The largest absolute Gasteiger partial charge is 0.314 e. The zero-order chi connectivity index (χ0) is 12.8. The van der Waals surface area contributed by atoms with Crippen LogP contribution in [0.2, 0.25) is 0 Å². The molecule has 1 saturated heterocycles. The Morgan fingerprint density at radius 3 is 2.05 bits per heavy atom. The minimum absolute atomic E-state index is 0.900. The van der Waals surface area contributed by atoms with Crippen LogP contribution in [0.4, 0.5) is 0 Å². The number of rotatable bonds is 3. The molecule has 5 fully saturated rings. The Bertz CT molecular complexity index is 293. The molecule has 4 aliphatic carbocycles. The molecule has 108 valence electrons. The molecule has 19 heavy (non-hydrogen) atoms. The summed E-state index contributed by atoms with van der Waals surface area (Å²) in [7, 11) is 0. The molecule has 0 aromatic heterocycles. The van der Waals surface area contributed by atoms with Crippen molar-refractivity contribution in [2.45, 2.75) is 51.5 Å². The van der Waals surface area contributed by atoms with E-state index in [1.165, 1.54) is 32.6 Å². The molecule has 4 saturated carbocycles. The highest BCUT2D eigenvalue weighted by atomic mass is 15.2. The second-order valence-corrected chi connectivity index (χ2v) is 7.77. The summed E-state index contributed by atoms with van der Waals surface area (Å²) >= 11 is 0. The summed E-state index contributed by atoms with van der Waals surface area (Å²) in [5.74, 6) is 5.49. The Labute approximate surface area is 118 Å². The van der Waals surface area contributed by atoms with E-state index in [4.69, 9.17) is 0 Å². The molecule has 1 unspecified atom stereocenters. The number of piperazine rings is 1. The van der Waals surface area contributed by atoms with Gasteiger partial charge in [0.25, 0.3) is 0 Å². The van der Waals surface area contributed by atoms with Crippen molar-refractivity contribution in [2.75, 3.05) is 26.2 Å². The van der Waals surface area contributed by atoms with Gasteiger partial charge in [-0.25, -0.2) is 0 Å². The summed E-state index contributed by atoms with van der Waals surface area (Å²) in [6, 6.07) is 0.900. The zero-order valence-electron chi connectivity index (χ0n) is 12.5. The average molecular weight is 262 g/mol. The van der Waals surface area contributed by atoms with Crippen LogP contribution in [-0.2, 0) is 0 Å². The minimum Gasteiger partial charge on any atom is -0.314 e. The van der Waals surface area contributed by atoms with Gasteiger partial charge in [-0.05, 0) is 68.1 Å². The topological polar surface area (TPSA) is 15.3 Å². The Hall–Kier alpha value is -0.0800. The highest BCUT2D eigenvalue weighted by Crippen LogP contribution is 2.58. The van der Waals surface area contributed by atoms with Gasteiger partial charge >= 0.3 is 0 Å². The average Bonchev–Trinajstić information content (AvgIpc) is 2.43. The molecule has 1 aliphatic heterocycles. The lowest BCUT2D eigenvalue weighted by Crippen LogP contribution is -2.57. The normalized spacial score (nSPS) is 47.5. The second-order valence-electron chi connectivity index (χ2n) is 7.77. The maximum absolute atomic E-state index is 3.52. The zero-order valence-corrected chi connectivity index (χ0v) is 12.5. The maximum atomic E-state index is 3.52. The molecular formula is C17H30N2. The molecule has 0 amide bonds. The third-order valence-corrected chi connectivity index (χ3v) is 6.78. The lowest BCUT2D eigenvalue weighted by molar-refractivity contribution is -0.0765. The number of nitrogens with zero attached hydrogens (tertiary/aromatic N) is 1. The Morgan fingerprint density at radius 1 is 0.947 bits per heavy atom. The molecule has 0 aromatic rings. The van der Waals surface area contributed by atoms with E-state index in [-0.39, 0.29) is 0 Å². The van der Waals surface area contributed by atoms with Crippen molar-refractivity contribution in [1.29, 1.82) is 0 Å². The number of hydrogen-bond acceptors (Lipinski definition) is 2. The van der Waals surface area contributed by atoms with Crippen LogP contribution in [0.15, 0.2) is 0 Å². The monoisotopic (exact) mass is 262 g/mol. The van der Waals surface area contributed by atoms with Gasteiger partial charge < -0.3 is 5.32 Å². The molecule has 1 heterocycles. The molecular weight excluding hydrogens is 232 g/mol. The molecule has 2 heteroatoms. The molecule has 4 bridgehead atoms. The summed E-state index contributed by atoms with van der Waals surface area (Å²) in [4.78, 5) is 2.84. The summed E-state index contributed by atoms with van der Waals surface area (Å²) < 4.78 is 0. The smallest absolute Gasteiger partial charge is 0.0127 e. The fourth-order valence-electron chi connectivity index (χ4n) is 6.38. The Morgan fingerprint density at radius 2 is 1.53 bits per heavy atom. The van der Waals surface area contributed by atoms with Crippen LogP contribution in [0.5, 0.6) is 0 Å². The first kappa shape index (κ1) is 12.6. The van der Waals surface area contributed by atoms with Crippen LogP contribution < -0.4 is 5.32 Å². The lowest BCUT2D eigenvalue weighted by Gasteiger charge is -2.58. The van der Waals surface area contributed by atoms with E-state index in [9.17, 15) is 0 Å². The molecule has 0 spiro atoms. The fraction of sp³-hybridized carbons (Fsp3) is 1.00. The van der Waals surface area contributed by atoms with Crippen LogP contribution >= 0.6 is 0 Å². The fourth-order valence-corrected chi connectivity index (χ4v) is 6.38. The van der Waals surface area contributed by atoms with Crippen molar-refractivity contribution >= 4 is 0 Å².